The number of carbonyl (C=O) groups excluding carboxylic acids is 4. The van der Waals surface area contributed by atoms with E-state index in [-0.39, 0.29) is 17.6 Å². The fraction of sp³-hybridized carbons (Fsp3) is 0.154. The first-order chi connectivity index (χ1) is 18.3. The number of furan rings is 1. The van der Waals surface area contributed by atoms with E-state index in [1.165, 1.54) is 6.20 Å². The number of carbonyl (C=O) groups is 4. The zero-order valence-electron chi connectivity index (χ0n) is 20.3. The minimum Gasteiger partial charge on any atom is -0.497 e. The van der Waals surface area contributed by atoms with Gasteiger partial charge in [-0.15, -0.1) is 0 Å². The number of benzene rings is 1. The lowest BCUT2D eigenvalue weighted by atomic mass is 10.1. The second-order valence-electron chi connectivity index (χ2n) is 8.50. The average molecular weight is 514 g/mol. The van der Waals surface area contributed by atoms with Gasteiger partial charge in [0.25, 0.3) is 17.7 Å². The van der Waals surface area contributed by atoms with Gasteiger partial charge in [-0.1, -0.05) is 6.07 Å². The van der Waals surface area contributed by atoms with Crippen LogP contribution in [0.4, 0.5) is 10.6 Å². The summed E-state index contributed by atoms with van der Waals surface area (Å²) in [7, 11) is 3.40. The Morgan fingerprint density at radius 3 is 2.71 bits per heavy atom. The van der Waals surface area contributed by atoms with Gasteiger partial charge < -0.3 is 24.7 Å². The van der Waals surface area contributed by atoms with E-state index in [0.717, 1.165) is 16.9 Å². The van der Waals surface area contributed by atoms with Crippen LogP contribution < -0.4 is 20.7 Å². The summed E-state index contributed by atoms with van der Waals surface area (Å²) in [6.45, 7) is 0.707. The molecule has 5 amide bonds. The SMILES string of the molecule is COc1ccc2c(c1)C(=O)N(C)C2.O=C1NC(=O)C(c2cc3nc(NC(=O)c4cccnc4)ccc3o2)N1. The van der Waals surface area contributed by atoms with Gasteiger partial charge in [-0.3, -0.25) is 24.7 Å². The normalized spacial score (nSPS) is 15.9. The summed E-state index contributed by atoms with van der Waals surface area (Å²) >= 11 is 0. The second kappa shape index (κ2) is 10.0. The molecule has 3 aromatic heterocycles. The maximum Gasteiger partial charge on any atom is 0.322 e. The van der Waals surface area contributed by atoms with Gasteiger partial charge >= 0.3 is 6.03 Å². The molecule has 1 fully saturated rings. The molecule has 0 aliphatic carbocycles. The number of nitrogens with zero attached hydrogens (tertiary/aromatic N) is 3. The van der Waals surface area contributed by atoms with Gasteiger partial charge in [0, 0.05) is 37.6 Å². The van der Waals surface area contributed by atoms with Crippen molar-refractivity contribution in [1.82, 2.24) is 25.5 Å². The molecule has 12 nitrogen and oxygen atoms in total. The zero-order chi connectivity index (χ0) is 26.8. The Bertz CT molecular complexity index is 1570. The third-order valence-corrected chi connectivity index (χ3v) is 5.92. The predicted molar refractivity (Wildman–Crippen MR) is 134 cm³/mol. The second-order valence-corrected chi connectivity index (χ2v) is 8.50. The first kappa shape index (κ1) is 24.4. The quantitative estimate of drug-likeness (QED) is 0.351. The fourth-order valence-corrected chi connectivity index (χ4v) is 4.01. The molecule has 192 valence electrons. The summed E-state index contributed by atoms with van der Waals surface area (Å²) in [5.41, 5.74) is 3.13. The monoisotopic (exact) mass is 514 g/mol. The van der Waals surface area contributed by atoms with Crippen LogP contribution in [0.1, 0.15) is 38.1 Å². The maximum atomic E-state index is 12.1. The van der Waals surface area contributed by atoms with E-state index in [0.29, 0.717) is 29.0 Å². The molecule has 0 spiro atoms. The number of aromatic nitrogens is 2. The van der Waals surface area contributed by atoms with Crippen molar-refractivity contribution in [3.8, 4) is 5.75 Å². The highest BCUT2D eigenvalue weighted by molar-refractivity contribution is 6.05. The number of ether oxygens (including phenoxy) is 1. The van der Waals surface area contributed by atoms with E-state index in [9.17, 15) is 19.2 Å². The van der Waals surface area contributed by atoms with Crippen molar-refractivity contribution >= 4 is 40.7 Å². The molecule has 6 rings (SSSR count). The van der Waals surface area contributed by atoms with E-state index in [1.807, 2.05) is 12.1 Å². The molecule has 1 saturated heterocycles. The zero-order valence-corrected chi connectivity index (χ0v) is 20.3. The van der Waals surface area contributed by atoms with E-state index < -0.39 is 18.0 Å². The first-order valence-corrected chi connectivity index (χ1v) is 11.5. The summed E-state index contributed by atoms with van der Waals surface area (Å²) < 4.78 is 10.6. The molecule has 1 unspecified atom stereocenters. The molecule has 2 aliphatic heterocycles. The Hall–Kier alpha value is -5.26. The summed E-state index contributed by atoms with van der Waals surface area (Å²) in [5, 5.41) is 7.25. The van der Waals surface area contributed by atoms with Crippen LogP contribution >= 0.6 is 0 Å². The van der Waals surface area contributed by atoms with Crippen LogP contribution in [0.5, 0.6) is 5.75 Å². The molecule has 0 radical (unpaired) electrons. The van der Waals surface area contributed by atoms with E-state index in [1.54, 1.807) is 61.7 Å². The Morgan fingerprint density at radius 1 is 1.16 bits per heavy atom. The molecule has 12 heteroatoms. The fourth-order valence-electron chi connectivity index (χ4n) is 4.01. The Labute approximate surface area is 216 Å². The Kier molecular flexibility index (Phi) is 6.44. The molecule has 5 heterocycles. The number of anilines is 1. The molecule has 2 aliphatic rings. The van der Waals surface area contributed by atoms with Gasteiger partial charge in [-0.05, 0) is 42.0 Å². The van der Waals surface area contributed by atoms with Crippen LogP contribution in [0, 0.1) is 0 Å². The lowest BCUT2D eigenvalue weighted by Crippen LogP contribution is -2.22. The largest absolute Gasteiger partial charge is 0.497 e. The number of hydrogen-bond acceptors (Lipinski definition) is 8. The number of methoxy groups -OCH3 is 1. The van der Waals surface area contributed by atoms with E-state index in [2.05, 4.69) is 25.9 Å². The van der Waals surface area contributed by atoms with Crippen molar-refractivity contribution in [3.05, 3.63) is 83.4 Å². The number of urea groups is 1. The van der Waals surface area contributed by atoms with Crippen LogP contribution in [-0.2, 0) is 11.3 Å². The number of rotatable bonds is 4. The molecule has 38 heavy (non-hydrogen) atoms. The highest BCUT2D eigenvalue weighted by atomic mass is 16.5. The lowest BCUT2D eigenvalue weighted by molar-refractivity contribution is -0.120. The smallest absolute Gasteiger partial charge is 0.322 e. The number of hydrogen-bond donors (Lipinski definition) is 3. The molecule has 0 saturated carbocycles. The van der Waals surface area contributed by atoms with Gasteiger partial charge in [0.1, 0.15) is 22.8 Å². The Balaban J connectivity index is 0.000000190. The summed E-state index contributed by atoms with van der Waals surface area (Å²) in [6, 6.07) is 12.2. The van der Waals surface area contributed by atoms with Crippen LogP contribution in [-0.4, -0.2) is 52.8 Å². The minimum absolute atomic E-state index is 0.0777. The molecular formula is C26H22N6O6. The van der Waals surface area contributed by atoms with Crippen molar-refractivity contribution in [1.29, 1.82) is 0 Å². The van der Waals surface area contributed by atoms with Crippen molar-refractivity contribution in [2.24, 2.45) is 0 Å². The summed E-state index contributed by atoms with van der Waals surface area (Å²) in [6.07, 6.45) is 3.03. The van der Waals surface area contributed by atoms with Gasteiger partial charge in [0.15, 0.2) is 11.6 Å². The number of amides is 5. The number of pyridine rings is 2. The van der Waals surface area contributed by atoms with Crippen molar-refractivity contribution in [3.63, 3.8) is 0 Å². The van der Waals surface area contributed by atoms with Gasteiger partial charge in [-0.25, -0.2) is 9.78 Å². The van der Waals surface area contributed by atoms with Gasteiger partial charge in [0.2, 0.25) is 0 Å². The predicted octanol–water partition coefficient (Wildman–Crippen LogP) is 2.64. The molecule has 3 N–H and O–H groups in total. The summed E-state index contributed by atoms with van der Waals surface area (Å²) in [4.78, 5) is 56.4. The topological polar surface area (TPSA) is 156 Å². The molecule has 1 atom stereocenters. The van der Waals surface area contributed by atoms with E-state index in [4.69, 9.17) is 9.15 Å². The minimum atomic E-state index is -0.893. The van der Waals surface area contributed by atoms with Gasteiger partial charge in [0.05, 0.1) is 12.7 Å². The summed E-state index contributed by atoms with van der Waals surface area (Å²) in [5.74, 6) is 0.576. The average Bonchev–Trinajstić information content (AvgIpc) is 3.58. The van der Waals surface area contributed by atoms with Crippen molar-refractivity contribution in [2.45, 2.75) is 12.6 Å². The third kappa shape index (κ3) is 4.87. The maximum absolute atomic E-state index is 12.1. The van der Waals surface area contributed by atoms with Crippen molar-refractivity contribution < 1.29 is 28.3 Å². The van der Waals surface area contributed by atoms with Crippen LogP contribution in [0.25, 0.3) is 11.1 Å². The van der Waals surface area contributed by atoms with Crippen LogP contribution in [0.15, 0.2) is 65.3 Å². The lowest BCUT2D eigenvalue weighted by Gasteiger charge is -2.04. The van der Waals surface area contributed by atoms with Crippen LogP contribution in [0.2, 0.25) is 0 Å². The molecule has 0 bridgehead atoms. The van der Waals surface area contributed by atoms with Crippen molar-refractivity contribution in [2.75, 3.05) is 19.5 Å². The molecule has 1 aromatic carbocycles. The highest BCUT2D eigenvalue weighted by Gasteiger charge is 2.33. The Morgan fingerprint density at radius 2 is 2.00 bits per heavy atom. The first-order valence-electron chi connectivity index (χ1n) is 11.5. The number of nitrogens with one attached hydrogen (secondary N) is 3. The standard InChI is InChI=1S/C16H11N5O4.C10H11NO2/c22-14(8-2-1-5-17-7-8)19-12-4-3-10-9(18-12)6-11(25-10)13-15(23)21-16(24)20-13;1-11-6-7-3-4-8(13-2)5-9(7)10(11)12/h1-7,13H,(H,18,19,22)(H2,20,21,23,24);3-5H,6H2,1-2H3. The molecule has 4 aromatic rings. The third-order valence-electron chi connectivity index (χ3n) is 5.92. The highest BCUT2D eigenvalue weighted by Crippen LogP contribution is 2.26. The number of imide groups is 1. The molecular weight excluding hydrogens is 492 g/mol. The van der Waals surface area contributed by atoms with E-state index >= 15 is 0 Å². The van der Waals surface area contributed by atoms with Gasteiger partial charge in [-0.2, -0.15) is 0 Å². The van der Waals surface area contributed by atoms with Crippen LogP contribution in [0.3, 0.4) is 0 Å². The number of fused-ring (bicyclic) bond motifs is 2.